The average Bonchev–Trinajstić information content (AvgIpc) is 2.98. The molecule has 6 heteroatoms. The summed E-state index contributed by atoms with van der Waals surface area (Å²) in [5.74, 6) is -0.0387. The van der Waals surface area contributed by atoms with Crippen molar-refractivity contribution in [3.8, 4) is 0 Å². The second-order valence-corrected chi connectivity index (χ2v) is 15.9. The highest BCUT2D eigenvalue weighted by molar-refractivity contribution is 6.48. The Morgan fingerprint density at radius 1 is 0.683 bits per heavy atom. The Morgan fingerprint density at radius 2 is 1.07 bits per heavy atom. The zero-order valence-corrected chi connectivity index (χ0v) is 27.6. The highest BCUT2D eigenvalue weighted by Crippen LogP contribution is 2.29. The van der Waals surface area contributed by atoms with E-state index in [1.807, 2.05) is 60.7 Å². The Balaban J connectivity index is 1.45. The van der Waals surface area contributed by atoms with Crippen LogP contribution in [0.4, 0.5) is 0 Å². The molecule has 0 aliphatic heterocycles. The second kappa shape index (κ2) is 13.7. The molecule has 41 heavy (non-hydrogen) atoms. The normalized spacial score (nSPS) is 21.9. The Morgan fingerprint density at radius 3 is 1.39 bits per heavy atom. The first-order valence-electron chi connectivity index (χ1n) is 14.5. The molecule has 0 saturated heterocycles. The number of hydrogen-bond acceptors (Lipinski definition) is 2. The van der Waals surface area contributed by atoms with E-state index in [1.165, 1.54) is 22.3 Å². The molecule has 0 radical (unpaired) electrons. The van der Waals surface area contributed by atoms with E-state index in [1.54, 1.807) is 0 Å². The molecular formula is C35H42N2O2Si2. The molecule has 0 bridgehead atoms. The van der Waals surface area contributed by atoms with Gasteiger partial charge in [0.05, 0.1) is 29.4 Å². The summed E-state index contributed by atoms with van der Waals surface area (Å²) in [6.07, 6.45) is 15.9. The van der Waals surface area contributed by atoms with Gasteiger partial charge in [0.1, 0.15) is 0 Å². The van der Waals surface area contributed by atoms with Crippen LogP contribution in [0.3, 0.4) is 0 Å². The van der Waals surface area contributed by atoms with E-state index < -0.39 is 19.0 Å². The van der Waals surface area contributed by atoms with Gasteiger partial charge >= 0.3 is 0 Å². The van der Waals surface area contributed by atoms with Crippen molar-refractivity contribution in [1.29, 1.82) is 0 Å². The van der Waals surface area contributed by atoms with Gasteiger partial charge in [-0.1, -0.05) is 95.4 Å². The number of hydrogen-bond donors (Lipinski definition) is 2. The first-order valence-corrected chi connectivity index (χ1v) is 17.5. The Hall–Kier alpha value is -3.75. The number of carbonyl (C=O) groups excluding carboxylic acids is 2. The molecule has 4 rings (SSSR count). The number of allylic oxidation sites excluding steroid dienone is 6. The van der Waals surface area contributed by atoms with Crippen LogP contribution >= 0.6 is 0 Å². The van der Waals surface area contributed by atoms with Crippen LogP contribution in [0.15, 0.2) is 131 Å². The Bertz CT molecular complexity index is 1320. The minimum absolute atomic E-state index is 0.0194. The molecule has 2 aliphatic rings. The number of nitrogens with one attached hydrogen (secondary N) is 2. The van der Waals surface area contributed by atoms with Gasteiger partial charge in [0.25, 0.3) is 11.8 Å². The van der Waals surface area contributed by atoms with Crippen LogP contribution in [0.5, 0.6) is 0 Å². The fourth-order valence-corrected chi connectivity index (χ4v) is 8.27. The standard InChI is InChI=1S/C35H42N2O2Si2/c1-26(2)24-40-34(36-32(38)30-11-7-5-8-12-30)19-15-28(16-20-34)23-29-17-21-35(22-18-29,41-25-27(3)4)37-33(39)31-13-9-6-10-14-31/h5-19,21,24-25H,20,22-23,40-41H2,1-4H3,(H,36,38)(H,37,39). The van der Waals surface area contributed by atoms with Gasteiger partial charge in [0.15, 0.2) is 0 Å². The maximum atomic E-state index is 13.1. The van der Waals surface area contributed by atoms with Crippen LogP contribution in [-0.2, 0) is 0 Å². The molecule has 2 aromatic carbocycles. The fourth-order valence-electron chi connectivity index (χ4n) is 5.07. The van der Waals surface area contributed by atoms with Crippen molar-refractivity contribution in [1.82, 2.24) is 10.6 Å². The van der Waals surface area contributed by atoms with Crippen LogP contribution in [-0.4, -0.2) is 41.2 Å². The van der Waals surface area contributed by atoms with Crippen LogP contribution in [0.1, 0.15) is 67.7 Å². The van der Waals surface area contributed by atoms with E-state index in [-0.39, 0.29) is 22.1 Å². The van der Waals surface area contributed by atoms with Gasteiger partial charge in [-0.05, 0) is 82.4 Å². The van der Waals surface area contributed by atoms with Crippen molar-refractivity contribution < 1.29 is 9.59 Å². The van der Waals surface area contributed by atoms with Crippen molar-refractivity contribution in [2.24, 2.45) is 0 Å². The van der Waals surface area contributed by atoms with Gasteiger partial charge in [-0.25, -0.2) is 0 Å². The minimum Gasteiger partial charge on any atom is -0.346 e. The zero-order chi connectivity index (χ0) is 29.3. The maximum absolute atomic E-state index is 13.1. The number of carbonyl (C=O) groups is 2. The van der Waals surface area contributed by atoms with Crippen molar-refractivity contribution in [3.05, 3.63) is 142 Å². The topological polar surface area (TPSA) is 58.2 Å². The molecule has 4 nitrogen and oxygen atoms in total. The van der Waals surface area contributed by atoms with Crippen molar-refractivity contribution in [2.75, 3.05) is 0 Å². The molecule has 2 aliphatic carbocycles. The van der Waals surface area contributed by atoms with Crippen LogP contribution < -0.4 is 10.6 Å². The third-order valence-electron chi connectivity index (χ3n) is 7.64. The van der Waals surface area contributed by atoms with E-state index in [9.17, 15) is 9.59 Å². The van der Waals surface area contributed by atoms with Gasteiger partial charge in [0.2, 0.25) is 0 Å². The van der Waals surface area contributed by atoms with Crippen molar-refractivity contribution in [2.45, 2.75) is 57.3 Å². The summed E-state index contributed by atoms with van der Waals surface area (Å²) in [5.41, 5.74) is 11.2. The predicted octanol–water partition coefficient (Wildman–Crippen LogP) is 5.59. The summed E-state index contributed by atoms with van der Waals surface area (Å²) in [4.78, 5) is 26.1. The van der Waals surface area contributed by atoms with E-state index in [4.69, 9.17) is 0 Å². The maximum Gasteiger partial charge on any atom is 0.251 e. The molecule has 2 amide bonds. The SMILES string of the molecule is CC(C)=C[SiH2]C1(NC(=O)c2ccccc2)C=CC(CC2=CCC(NC(=O)c3ccccc3)([SiH2]C=C(C)C)C=C2)=CC1. The summed E-state index contributed by atoms with van der Waals surface area (Å²) in [6, 6.07) is 18.9. The summed E-state index contributed by atoms with van der Waals surface area (Å²) in [7, 11) is -1.49. The lowest BCUT2D eigenvalue weighted by Gasteiger charge is -2.34. The zero-order valence-electron chi connectivity index (χ0n) is 24.7. The molecule has 2 aromatic rings. The quantitative estimate of drug-likeness (QED) is 0.362. The molecule has 2 atom stereocenters. The lowest BCUT2D eigenvalue weighted by molar-refractivity contribution is 0.0928. The largest absolute Gasteiger partial charge is 0.346 e. The lowest BCUT2D eigenvalue weighted by Crippen LogP contribution is -2.52. The third kappa shape index (κ3) is 8.62. The number of amides is 2. The van der Waals surface area contributed by atoms with Gasteiger partial charge in [-0.15, -0.1) is 0 Å². The Kier molecular flexibility index (Phi) is 10.1. The molecule has 0 aromatic heterocycles. The molecule has 0 heterocycles. The van der Waals surface area contributed by atoms with Crippen LogP contribution in [0.2, 0.25) is 0 Å². The first kappa shape index (κ1) is 30.2. The van der Waals surface area contributed by atoms with E-state index in [0.717, 1.165) is 19.3 Å². The minimum atomic E-state index is -0.746. The molecule has 2 unspecified atom stereocenters. The highest BCUT2D eigenvalue weighted by Gasteiger charge is 2.32. The molecule has 0 fully saturated rings. The van der Waals surface area contributed by atoms with Gasteiger partial charge < -0.3 is 10.6 Å². The Labute approximate surface area is 249 Å². The predicted molar refractivity (Wildman–Crippen MR) is 178 cm³/mol. The van der Waals surface area contributed by atoms with E-state index >= 15 is 0 Å². The molecule has 212 valence electrons. The summed E-state index contributed by atoms with van der Waals surface area (Å²) in [6.45, 7) is 8.49. The van der Waals surface area contributed by atoms with Gasteiger partial charge in [-0.3, -0.25) is 9.59 Å². The smallest absolute Gasteiger partial charge is 0.251 e. The number of benzene rings is 2. The molecule has 0 spiro atoms. The van der Waals surface area contributed by atoms with E-state index in [2.05, 4.69) is 86.2 Å². The van der Waals surface area contributed by atoms with Crippen LogP contribution in [0.25, 0.3) is 0 Å². The molecule has 2 N–H and O–H groups in total. The lowest BCUT2D eigenvalue weighted by atomic mass is 9.93. The third-order valence-corrected chi connectivity index (χ3v) is 12.5. The second-order valence-electron chi connectivity index (χ2n) is 11.7. The first-order chi connectivity index (χ1) is 19.7. The molecule has 0 saturated carbocycles. The summed E-state index contributed by atoms with van der Waals surface area (Å²) < 4.78 is 0. The number of rotatable bonds is 10. The summed E-state index contributed by atoms with van der Waals surface area (Å²) in [5, 5.41) is 6.13. The molecular weight excluding hydrogens is 537 g/mol. The van der Waals surface area contributed by atoms with Crippen molar-refractivity contribution in [3.63, 3.8) is 0 Å². The summed E-state index contributed by atoms with van der Waals surface area (Å²) >= 11 is 0. The van der Waals surface area contributed by atoms with Gasteiger partial charge in [0, 0.05) is 11.1 Å². The van der Waals surface area contributed by atoms with Gasteiger partial charge in [-0.2, -0.15) is 0 Å². The van der Waals surface area contributed by atoms with Crippen molar-refractivity contribution >= 4 is 30.9 Å². The highest BCUT2D eigenvalue weighted by atomic mass is 28.2. The van der Waals surface area contributed by atoms with E-state index in [0.29, 0.717) is 11.1 Å². The monoisotopic (exact) mass is 578 g/mol. The van der Waals surface area contributed by atoms with Crippen LogP contribution in [0, 0.1) is 0 Å². The fraction of sp³-hybridized carbons (Fsp3) is 0.257. The average molecular weight is 579 g/mol.